The number of amides is 3. The molecule has 0 spiro atoms. The summed E-state index contributed by atoms with van der Waals surface area (Å²) in [6.45, 7) is 3.26. The van der Waals surface area contributed by atoms with Crippen molar-refractivity contribution >= 4 is 51.8 Å². The van der Waals surface area contributed by atoms with Crippen molar-refractivity contribution < 1.29 is 23.9 Å². The molecule has 3 rings (SSSR count). The monoisotopic (exact) mass is 401 g/mol. The van der Waals surface area contributed by atoms with E-state index in [4.69, 9.17) is 10.5 Å². The molecule has 8 nitrogen and oxygen atoms in total. The molecule has 9 heteroatoms. The quantitative estimate of drug-likeness (QED) is 0.586. The summed E-state index contributed by atoms with van der Waals surface area (Å²) >= 11 is 0.762. The van der Waals surface area contributed by atoms with Gasteiger partial charge in [0.15, 0.2) is 0 Å². The number of nitrogens with two attached hydrogens (primary N) is 1. The van der Waals surface area contributed by atoms with Crippen molar-refractivity contribution in [2.75, 3.05) is 6.61 Å². The van der Waals surface area contributed by atoms with Crippen molar-refractivity contribution in [2.45, 2.75) is 26.4 Å². The van der Waals surface area contributed by atoms with E-state index < -0.39 is 29.1 Å². The third kappa shape index (κ3) is 3.65. The van der Waals surface area contributed by atoms with Crippen LogP contribution >= 0.6 is 11.8 Å². The Morgan fingerprint density at radius 3 is 2.68 bits per heavy atom. The van der Waals surface area contributed by atoms with Crippen LogP contribution in [0.1, 0.15) is 19.4 Å². The SMILES string of the molecule is CCOC(=O)[C@@H](C)N1C(=O)S/C(=C/c2cn(CC(N)=O)c3ccccc23)C1=O. The fraction of sp³-hybridized carbons (Fsp3) is 0.263. The number of nitrogens with zero attached hydrogens (tertiary/aromatic N) is 2. The Labute approximate surface area is 165 Å². The van der Waals surface area contributed by atoms with Crippen LogP contribution in [0.15, 0.2) is 35.4 Å². The van der Waals surface area contributed by atoms with Crippen LogP contribution in [0.25, 0.3) is 17.0 Å². The van der Waals surface area contributed by atoms with Crippen molar-refractivity contribution in [2.24, 2.45) is 5.73 Å². The van der Waals surface area contributed by atoms with Gasteiger partial charge in [-0.3, -0.25) is 19.3 Å². The van der Waals surface area contributed by atoms with E-state index in [-0.39, 0.29) is 18.1 Å². The first-order valence-electron chi connectivity index (χ1n) is 8.63. The van der Waals surface area contributed by atoms with Crippen molar-refractivity contribution in [1.82, 2.24) is 9.47 Å². The van der Waals surface area contributed by atoms with Gasteiger partial charge in [0.05, 0.1) is 11.5 Å². The third-order valence-electron chi connectivity index (χ3n) is 4.27. The van der Waals surface area contributed by atoms with Gasteiger partial charge in [0.2, 0.25) is 5.91 Å². The number of primary amides is 1. The van der Waals surface area contributed by atoms with E-state index >= 15 is 0 Å². The molecule has 28 heavy (non-hydrogen) atoms. The van der Waals surface area contributed by atoms with Gasteiger partial charge in [-0.15, -0.1) is 0 Å². The van der Waals surface area contributed by atoms with Gasteiger partial charge in [0.25, 0.3) is 11.1 Å². The Bertz CT molecular complexity index is 1010. The van der Waals surface area contributed by atoms with Gasteiger partial charge in [-0.05, 0) is 37.8 Å². The number of fused-ring (bicyclic) bond motifs is 1. The van der Waals surface area contributed by atoms with Crippen LogP contribution < -0.4 is 5.73 Å². The van der Waals surface area contributed by atoms with Crippen LogP contribution in [-0.2, 0) is 25.7 Å². The number of imide groups is 1. The van der Waals surface area contributed by atoms with E-state index in [9.17, 15) is 19.2 Å². The predicted molar refractivity (Wildman–Crippen MR) is 105 cm³/mol. The van der Waals surface area contributed by atoms with Crippen LogP contribution in [-0.4, -0.2) is 45.1 Å². The van der Waals surface area contributed by atoms with Crippen LogP contribution in [0, 0.1) is 0 Å². The normalized spacial score (nSPS) is 16.8. The second kappa shape index (κ2) is 7.89. The van der Waals surface area contributed by atoms with E-state index in [1.807, 2.05) is 24.3 Å². The molecular formula is C19H19N3O5S. The molecule has 1 fully saturated rings. The lowest BCUT2D eigenvalue weighted by Crippen LogP contribution is -2.42. The molecular weight excluding hydrogens is 382 g/mol. The van der Waals surface area contributed by atoms with E-state index in [1.54, 1.807) is 23.8 Å². The number of rotatable bonds is 6. The minimum absolute atomic E-state index is 0.00424. The van der Waals surface area contributed by atoms with E-state index in [2.05, 4.69) is 0 Å². The molecule has 0 aliphatic carbocycles. The Kier molecular flexibility index (Phi) is 5.55. The predicted octanol–water partition coefficient (Wildman–Crippen LogP) is 2.11. The fourth-order valence-electron chi connectivity index (χ4n) is 3.01. The molecule has 1 aromatic carbocycles. The highest BCUT2D eigenvalue weighted by Crippen LogP contribution is 2.35. The second-order valence-corrected chi connectivity index (χ2v) is 7.17. The van der Waals surface area contributed by atoms with Crippen molar-refractivity contribution in [3.8, 4) is 0 Å². The Balaban J connectivity index is 1.96. The molecule has 2 N–H and O–H groups in total. The Hall–Kier alpha value is -3.07. The first-order chi connectivity index (χ1) is 13.3. The molecule has 2 aromatic rings. The summed E-state index contributed by atoms with van der Waals surface area (Å²) < 4.78 is 6.59. The molecule has 0 radical (unpaired) electrons. The Morgan fingerprint density at radius 1 is 1.29 bits per heavy atom. The summed E-state index contributed by atoms with van der Waals surface area (Å²) in [6, 6.07) is 6.35. The summed E-state index contributed by atoms with van der Waals surface area (Å²) in [5.41, 5.74) is 6.76. The summed E-state index contributed by atoms with van der Waals surface area (Å²) in [7, 11) is 0. The van der Waals surface area contributed by atoms with Gasteiger partial charge in [-0.1, -0.05) is 18.2 Å². The average Bonchev–Trinajstić information content (AvgIpc) is 3.12. The fourth-order valence-corrected chi connectivity index (χ4v) is 3.91. The van der Waals surface area contributed by atoms with Crippen molar-refractivity contribution in [3.63, 3.8) is 0 Å². The maximum atomic E-state index is 12.7. The van der Waals surface area contributed by atoms with Crippen LogP contribution in [0.4, 0.5) is 4.79 Å². The highest BCUT2D eigenvalue weighted by atomic mass is 32.2. The number of benzene rings is 1. The second-order valence-electron chi connectivity index (χ2n) is 6.18. The topological polar surface area (TPSA) is 112 Å². The third-order valence-corrected chi connectivity index (χ3v) is 5.15. The number of carbonyl (C=O) groups is 4. The van der Waals surface area contributed by atoms with Crippen molar-refractivity contribution in [3.05, 3.63) is 40.9 Å². The van der Waals surface area contributed by atoms with Gasteiger partial charge >= 0.3 is 5.97 Å². The van der Waals surface area contributed by atoms with E-state index in [0.717, 1.165) is 27.6 Å². The highest BCUT2D eigenvalue weighted by Gasteiger charge is 2.41. The smallest absolute Gasteiger partial charge is 0.329 e. The average molecular weight is 401 g/mol. The van der Waals surface area contributed by atoms with E-state index in [0.29, 0.717) is 5.56 Å². The molecule has 1 saturated heterocycles. The summed E-state index contributed by atoms with van der Waals surface area (Å²) in [5, 5.41) is 0.284. The highest BCUT2D eigenvalue weighted by molar-refractivity contribution is 8.18. The summed E-state index contributed by atoms with van der Waals surface area (Å²) in [6.07, 6.45) is 3.29. The molecule has 146 valence electrons. The molecule has 1 atom stereocenters. The molecule has 1 aromatic heterocycles. The van der Waals surface area contributed by atoms with Crippen LogP contribution in [0.3, 0.4) is 0 Å². The number of esters is 1. The maximum Gasteiger partial charge on any atom is 0.329 e. The van der Waals surface area contributed by atoms with Gasteiger partial charge in [0, 0.05) is 22.7 Å². The number of carbonyl (C=O) groups excluding carboxylic acids is 4. The number of para-hydroxylation sites is 1. The molecule has 2 heterocycles. The number of aromatic nitrogens is 1. The number of hydrogen-bond donors (Lipinski definition) is 1. The number of ether oxygens (including phenoxy) is 1. The summed E-state index contributed by atoms with van der Waals surface area (Å²) in [4.78, 5) is 49.4. The van der Waals surface area contributed by atoms with Gasteiger partial charge < -0.3 is 15.0 Å². The minimum atomic E-state index is -1.01. The molecule has 0 unspecified atom stereocenters. The zero-order chi connectivity index (χ0) is 20.4. The Morgan fingerprint density at radius 2 is 2.00 bits per heavy atom. The van der Waals surface area contributed by atoms with Gasteiger partial charge in [0.1, 0.15) is 12.6 Å². The number of thioether (sulfide) groups is 1. The van der Waals surface area contributed by atoms with Crippen LogP contribution in [0.2, 0.25) is 0 Å². The molecule has 1 aliphatic rings. The largest absolute Gasteiger partial charge is 0.464 e. The number of hydrogen-bond acceptors (Lipinski definition) is 6. The standard InChI is InChI=1S/C19H19N3O5S/c1-3-27-18(25)11(2)22-17(24)15(28-19(22)26)8-12-9-21(10-16(20)23)14-7-5-4-6-13(12)14/h4-9,11H,3,10H2,1-2H3,(H2,20,23)/b15-8+/t11-/m1/s1. The molecule has 1 aliphatic heterocycles. The lowest BCUT2D eigenvalue weighted by Gasteiger charge is -2.19. The summed E-state index contributed by atoms with van der Waals surface area (Å²) in [5.74, 6) is -1.68. The molecule has 0 bridgehead atoms. The lowest BCUT2D eigenvalue weighted by atomic mass is 10.1. The first-order valence-corrected chi connectivity index (χ1v) is 9.45. The van der Waals surface area contributed by atoms with Crippen molar-refractivity contribution in [1.29, 1.82) is 0 Å². The lowest BCUT2D eigenvalue weighted by molar-refractivity contribution is -0.150. The minimum Gasteiger partial charge on any atom is -0.464 e. The zero-order valence-corrected chi connectivity index (χ0v) is 16.2. The molecule has 3 amide bonds. The van der Waals surface area contributed by atoms with E-state index in [1.165, 1.54) is 6.92 Å². The first kappa shape index (κ1) is 19.7. The molecule has 0 saturated carbocycles. The zero-order valence-electron chi connectivity index (χ0n) is 15.4. The maximum absolute atomic E-state index is 12.7. The van der Waals surface area contributed by atoms with Crippen LogP contribution in [0.5, 0.6) is 0 Å². The van der Waals surface area contributed by atoms with Gasteiger partial charge in [-0.25, -0.2) is 4.79 Å². The van der Waals surface area contributed by atoms with Gasteiger partial charge in [-0.2, -0.15) is 0 Å².